The number of ether oxygens (including phenoxy) is 1. The summed E-state index contributed by atoms with van der Waals surface area (Å²) in [6, 6.07) is 22.1. The van der Waals surface area contributed by atoms with E-state index in [1.165, 1.54) is 16.7 Å². The maximum absolute atomic E-state index is 6.12. The summed E-state index contributed by atoms with van der Waals surface area (Å²) in [6.45, 7) is 4.26. The maximum Gasteiger partial charge on any atom is 0.196 e. The van der Waals surface area contributed by atoms with Crippen molar-refractivity contribution in [1.82, 2.24) is 14.8 Å². The summed E-state index contributed by atoms with van der Waals surface area (Å²) in [5, 5.41) is 10.6. The van der Waals surface area contributed by atoms with E-state index in [1.807, 2.05) is 48.5 Å². The van der Waals surface area contributed by atoms with E-state index >= 15 is 0 Å². The lowest BCUT2D eigenvalue weighted by atomic mass is 10.1. The molecule has 0 radical (unpaired) electrons. The molecule has 0 N–H and O–H groups in total. The molecule has 0 aliphatic carbocycles. The first-order chi connectivity index (χ1) is 14.5. The minimum Gasteiger partial charge on any atom is -0.497 e. The van der Waals surface area contributed by atoms with Gasteiger partial charge in [0.1, 0.15) is 5.75 Å². The van der Waals surface area contributed by atoms with E-state index in [-0.39, 0.29) is 0 Å². The molecule has 1 heterocycles. The first-order valence-electron chi connectivity index (χ1n) is 9.60. The van der Waals surface area contributed by atoms with Crippen LogP contribution in [0.3, 0.4) is 0 Å². The Hall–Kier alpha value is -2.76. The molecule has 0 bridgehead atoms. The number of methoxy groups -OCH3 is 1. The lowest BCUT2D eigenvalue weighted by Gasteiger charge is -2.12. The highest BCUT2D eigenvalue weighted by Crippen LogP contribution is 2.32. The Morgan fingerprint density at radius 1 is 0.967 bits per heavy atom. The van der Waals surface area contributed by atoms with Crippen LogP contribution in [0.25, 0.3) is 17.1 Å². The summed E-state index contributed by atoms with van der Waals surface area (Å²) in [5.41, 5.74) is 5.74. The fraction of sp³-hybridized carbons (Fsp3) is 0.167. The molecular weight excluding hydrogens is 414 g/mol. The largest absolute Gasteiger partial charge is 0.497 e. The number of halogens is 1. The number of nitrogens with zero attached hydrogens (tertiary/aromatic N) is 3. The van der Waals surface area contributed by atoms with E-state index in [4.69, 9.17) is 16.3 Å². The van der Waals surface area contributed by atoms with Crippen molar-refractivity contribution in [3.8, 4) is 22.8 Å². The zero-order chi connectivity index (χ0) is 21.1. The van der Waals surface area contributed by atoms with E-state index in [0.29, 0.717) is 5.02 Å². The summed E-state index contributed by atoms with van der Waals surface area (Å²) >= 11 is 7.79. The smallest absolute Gasteiger partial charge is 0.196 e. The van der Waals surface area contributed by atoms with Gasteiger partial charge in [0, 0.05) is 22.0 Å². The van der Waals surface area contributed by atoms with Crippen LogP contribution in [0.4, 0.5) is 0 Å². The minimum absolute atomic E-state index is 0.694. The monoisotopic (exact) mass is 435 g/mol. The Balaban J connectivity index is 1.75. The van der Waals surface area contributed by atoms with Crippen LogP contribution in [-0.4, -0.2) is 21.9 Å². The first kappa shape index (κ1) is 20.5. The van der Waals surface area contributed by atoms with E-state index in [0.717, 1.165) is 33.7 Å². The van der Waals surface area contributed by atoms with Crippen LogP contribution < -0.4 is 4.74 Å². The van der Waals surface area contributed by atoms with Crippen LogP contribution in [0, 0.1) is 13.8 Å². The summed E-state index contributed by atoms with van der Waals surface area (Å²) in [5.74, 6) is 2.36. The van der Waals surface area contributed by atoms with Gasteiger partial charge in [0.2, 0.25) is 0 Å². The van der Waals surface area contributed by atoms with E-state index in [2.05, 4.69) is 46.8 Å². The Bertz CT molecular complexity index is 1170. The van der Waals surface area contributed by atoms with Crippen LogP contribution in [-0.2, 0) is 5.75 Å². The number of hydrogen-bond acceptors (Lipinski definition) is 4. The van der Waals surface area contributed by atoms with Crippen molar-refractivity contribution in [2.24, 2.45) is 0 Å². The van der Waals surface area contributed by atoms with Crippen LogP contribution >= 0.6 is 23.4 Å². The average Bonchev–Trinajstić information content (AvgIpc) is 3.19. The van der Waals surface area contributed by atoms with Crippen molar-refractivity contribution in [2.45, 2.75) is 24.8 Å². The molecule has 0 aliphatic heterocycles. The molecule has 4 nitrogen and oxygen atoms in total. The van der Waals surface area contributed by atoms with Gasteiger partial charge < -0.3 is 4.74 Å². The van der Waals surface area contributed by atoms with Crippen molar-refractivity contribution in [3.05, 3.63) is 88.4 Å². The molecule has 0 saturated heterocycles. The predicted molar refractivity (Wildman–Crippen MR) is 124 cm³/mol. The molecule has 30 heavy (non-hydrogen) atoms. The lowest BCUT2D eigenvalue weighted by Crippen LogP contribution is -2.00. The van der Waals surface area contributed by atoms with E-state index in [9.17, 15) is 0 Å². The van der Waals surface area contributed by atoms with Crippen LogP contribution in [0.5, 0.6) is 5.75 Å². The Labute approximate surface area is 185 Å². The number of aryl methyl sites for hydroxylation is 2. The van der Waals surface area contributed by atoms with Gasteiger partial charge in [-0.3, -0.25) is 4.57 Å². The maximum atomic E-state index is 6.12. The van der Waals surface area contributed by atoms with Crippen LogP contribution in [0.2, 0.25) is 5.02 Å². The highest BCUT2D eigenvalue weighted by molar-refractivity contribution is 7.98. The molecule has 0 spiro atoms. The molecule has 0 saturated carbocycles. The molecule has 0 unspecified atom stereocenters. The lowest BCUT2D eigenvalue weighted by molar-refractivity contribution is 0.415. The molecule has 0 aliphatic rings. The van der Waals surface area contributed by atoms with Crippen molar-refractivity contribution in [3.63, 3.8) is 0 Å². The third-order valence-corrected chi connectivity index (χ3v) is 6.14. The molecule has 0 fully saturated rings. The summed E-state index contributed by atoms with van der Waals surface area (Å²) in [7, 11) is 1.66. The Morgan fingerprint density at radius 3 is 2.53 bits per heavy atom. The van der Waals surface area contributed by atoms with Crippen LogP contribution in [0.15, 0.2) is 71.9 Å². The fourth-order valence-electron chi connectivity index (χ4n) is 3.23. The molecule has 0 amide bonds. The van der Waals surface area contributed by atoms with E-state index in [1.54, 1.807) is 18.9 Å². The normalized spacial score (nSPS) is 10.9. The highest BCUT2D eigenvalue weighted by atomic mass is 35.5. The van der Waals surface area contributed by atoms with Gasteiger partial charge in [-0.2, -0.15) is 0 Å². The quantitative estimate of drug-likeness (QED) is 0.324. The molecule has 0 atom stereocenters. The topological polar surface area (TPSA) is 39.9 Å². The van der Waals surface area contributed by atoms with Gasteiger partial charge in [0.15, 0.2) is 11.0 Å². The number of thioether (sulfide) groups is 1. The van der Waals surface area contributed by atoms with Crippen molar-refractivity contribution in [1.29, 1.82) is 0 Å². The Kier molecular flexibility index (Phi) is 6.11. The Morgan fingerprint density at radius 2 is 1.77 bits per heavy atom. The van der Waals surface area contributed by atoms with Crippen molar-refractivity contribution >= 4 is 23.4 Å². The second-order valence-corrected chi connectivity index (χ2v) is 8.45. The summed E-state index contributed by atoms with van der Waals surface area (Å²) < 4.78 is 7.46. The molecule has 152 valence electrons. The second-order valence-electron chi connectivity index (χ2n) is 7.07. The van der Waals surface area contributed by atoms with Crippen molar-refractivity contribution < 1.29 is 4.74 Å². The predicted octanol–water partition coefficient (Wildman–Crippen LogP) is 6.51. The molecule has 3 aromatic carbocycles. The van der Waals surface area contributed by atoms with Gasteiger partial charge in [0.05, 0.1) is 7.11 Å². The van der Waals surface area contributed by atoms with Crippen molar-refractivity contribution in [2.75, 3.05) is 7.11 Å². The standard InChI is InChI=1S/C24H22ClN3OS/c1-16-7-8-17(2)19(13-16)15-30-24-27-26-23(18-5-4-6-22(14-18)29-3)28(24)21-11-9-20(25)10-12-21/h4-14H,15H2,1-3H3. The zero-order valence-corrected chi connectivity index (χ0v) is 18.7. The van der Waals surface area contributed by atoms with Gasteiger partial charge in [-0.15, -0.1) is 10.2 Å². The zero-order valence-electron chi connectivity index (χ0n) is 17.1. The molecule has 4 aromatic rings. The number of hydrogen-bond donors (Lipinski definition) is 0. The number of aromatic nitrogens is 3. The fourth-order valence-corrected chi connectivity index (χ4v) is 4.37. The van der Waals surface area contributed by atoms with Gasteiger partial charge in [-0.1, -0.05) is 59.3 Å². The molecule has 4 rings (SSSR count). The summed E-state index contributed by atoms with van der Waals surface area (Å²) in [6.07, 6.45) is 0. The summed E-state index contributed by atoms with van der Waals surface area (Å²) in [4.78, 5) is 0. The van der Waals surface area contributed by atoms with Gasteiger partial charge in [-0.05, 0) is 61.4 Å². The molecule has 6 heteroatoms. The highest BCUT2D eigenvalue weighted by Gasteiger charge is 2.17. The van der Waals surface area contributed by atoms with Gasteiger partial charge in [-0.25, -0.2) is 0 Å². The number of rotatable bonds is 6. The first-order valence-corrected chi connectivity index (χ1v) is 11.0. The second kappa shape index (κ2) is 8.94. The number of benzene rings is 3. The van der Waals surface area contributed by atoms with Crippen LogP contribution in [0.1, 0.15) is 16.7 Å². The van der Waals surface area contributed by atoms with Gasteiger partial charge in [0.25, 0.3) is 0 Å². The molecule has 1 aromatic heterocycles. The molecular formula is C24H22ClN3OS. The minimum atomic E-state index is 0.694. The third-order valence-electron chi connectivity index (χ3n) is 4.91. The van der Waals surface area contributed by atoms with E-state index < -0.39 is 0 Å². The average molecular weight is 436 g/mol. The van der Waals surface area contributed by atoms with Gasteiger partial charge >= 0.3 is 0 Å². The SMILES string of the molecule is COc1cccc(-c2nnc(SCc3cc(C)ccc3C)n2-c2ccc(Cl)cc2)c1. The third kappa shape index (κ3) is 4.37.